The Kier molecular flexibility index (Phi) is 6.21. The van der Waals surface area contributed by atoms with Crippen LogP contribution in [0.4, 0.5) is 20.2 Å². The summed E-state index contributed by atoms with van der Waals surface area (Å²) >= 11 is 0. The Morgan fingerprint density at radius 3 is 2.43 bits per heavy atom. The second-order valence-corrected chi connectivity index (χ2v) is 6.13. The molecule has 3 aromatic rings. The highest BCUT2D eigenvalue weighted by molar-refractivity contribution is 6.07. The van der Waals surface area contributed by atoms with Gasteiger partial charge in [-0.1, -0.05) is 30.3 Å². The normalized spacial score (nSPS) is 10.4. The molecule has 0 aliphatic rings. The number of hydrogen-bond donors (Lipinski definition) is 1. The van der Waals surface area contributed by atoms with E-state index in [4.69, 9.17) is 9.47 Å². The van der Waals surface area contributed by atoms with Gasteiger partial charge in [0.25, 0.3) is 11.6 Å². The number of amides is 1. The molecule has 154 valence electrons. The van der Waals surface area contributed by atoms with Crippen LogP contribution in [0.25, 0.3) is 0 Å². The van der Waals surface area contributed by atoms with E-state index in [9.17, 15) is 23.7 Å². The quantitative estimate of drug-likeness (QED) is 0.447. The number of nitro benzene ring substituents is 1. The number of nitro groups is 1. The lowest BCUT2D eigenvalue weighted by Crippen LogP contribution is -2.15. The summed E-state index contributed by atoms with van der Waals surface area (Å²) < 4.78 is 37.7. The van der Waals surface area contributed by atoms with E-state index in [0.717, 1.165) is 29.8 Å². The van der Waals surface area contributed by atoms with E-state index in [0.29, 0.717) is 6.07 Å². The van der Waals surface area contributed by atoms with Crippen LogP contribution in [0.1, 0.15) is 15.9 Å². The van der Waals surface area contributed by atoms with Gasteiger partial charge in [0.1, 0.15) is 23.8 Å². The monoisotopic (exact) mass is 414 g/mol. The summed E-state index contributed by atoms with van der Waals surface area (Å²) in [5.74, 6) is -2.64. The Morgan fingerprint density at radius 1 is 1.07 bits per heavy atom. The Hall–Kier alpha value is -4.01. The molecule has 0 saturated carbocycles. The first kappa shape index (κ1) is 20.7. The van der Waals surface area contributed by atoms with Crippen molar-refractivity contribution >= 4 is 17.3 Å². The summed E-state index contributed by atoms with van der Waals surface area (Å²) in [6.45, 7) is 0.126. The number of benzene rings is 3. The molecule has 0 unspecified atom stereocenters. The molecule has 3 aromatic carbocycles. The predicted octanol–water partition coefficient (Wildman–Crippen LogP) is 4.71. The number of ether oxygens (including phenoxy) is 2. The maximum Gasteiger partial charge on any atom is 0.286 e. The molecule has 7 nitrogen and oxygen atoms in total. The Bertz CT molecular complexity index is 1090. The van der Waals surface area contributed by atoms with E-state index < -0.39 is 28.2 Å². The molecule has 0 aromatic heterocycles. The fraction of sp³-hybridized carbons (Fsp3) is 0.0952. The summed E-state index contributed by atoms with van der Waals surface area (Å²) in [6.07, 6.45) is 0. The number of rotatable bonds is 7. The molecule has 0 aliphatic heterocycles. The van der Waals surface area contributed by atoms with E-state index in [1.165, 1.54) is 7.11 Å². The molecule has 30 heavy (non-hydrogen) atoms. The van der Waals surface area contributed by atoms with Gasteiger partial charge in [-0.3, -0.25) is 14.9 Å². The first-order valence-corrected chi connectivity index (χ1v) is 8.68. The highest BCUT2D eigenvalue weighted by Crippen LogP contribution is 2.35. The predicted molar refractivity (Wildman–Crippen MR) is 105 cm³/mol. The van der Waals surface area contributed by atoms with Crippen LogP contribution in [0.2, 0.25) is 0 Å². The number of methoxy groups -OCH3 is 1. The zero-order valence-corrected chi connectivity index (χ0v) is 15.7. The van der Waals surface area contributed by atoms with E-state index in [1.807, 2.05) is 30.3 Å². The van der Waals surface area contributed by atoms with Crippen LogP contribution in [0.15, 0.2) is 60.7 Å². The molecule has 0 atom stereocenters. The lowest BCUT2D eigenvalue weighted by Gasteiger charge is -2.13. The summed E-state index contributed by atoms with van der Waals surface area (Å²) in [4.78, 5) is 23.3. The van der Waals surface area contributed by atoms with E-state index >= 15 is 0 Å². The van der Waals surface area contributed by atoms with Crippen molar-refractivity contribution in [3.63, 3.8) is 0 Å². The zero-order valence-electron chi connectivity index (χ0n) is 15.7. The average molecular weight is 414 g/mol. The zero-order chi connectivity index (χ0) is 21.7. The van der Waals surface area contributed by atoms with Gasteiger partial charge < -0.3 is 14.8 Å². The van der Waals surface area contributed by atoms with Gasteiger partial charge in [-0.15, -0.1) is 0 Å². The van der Waals surface area contributed by atoms with Crippen LogP contribution in [-0.4, -0.2) is 17.9 Å². The second kappa shape index (κ2) is 8.99. The van der Waals surface area contributed by atoms with Gasteiger partial charge in [0.05, 0.1) is 23.8 Å². The number of carbonyl (C=O) groups is 1. The van der Waals surface area contributed by atoms with Crippen LogP contribution >= 0.6 is 0 Å². The highest BCUT2D eigenvalue weighted by atomic mass is 19.1. The van der Waals surface area contributed by atoms with Gasteiger partial charge in [0, 0.05) is 12.1 Å². The SMILES string of the molecule is COc1cc(C(=O)Nc2ccc(F)cc2F)c([N+](=O)[O-])cc1OCc1ccccc1. The molecule has 0 radical (unpaired) electrons. The topological polar surface area (TPSA) is 90.7 Å². The van der Waals surface area contributed by atoms with Crippen molar-refractivity contribution in [2.75, 3.05) is 12.4 Å². The molecule has 0 bridgehead atoms. The van der Waals surface area contributed by atoms with Gasteiger partial charge in [0.15, 0.2) is 11.5 Å². The lowest BCUT2D eigenvalue weighted by molar-refractivity contribution is -0.385. The van der Waals surface area contributed by atoms with Crippen molar-refractivity contribution < 1.29 is 28.0 Å². The van der Waals surface area contributed by atoms with Crippen molar-refractivity contribution in [3.8, 4) is 11.5 Å². The molecular weight excluding hydrogens is 398 g/mol. The molecular formula is C21H16F2N2O5. The molecule has 9 heteroatoms. The van der Waals surface area contributed by atoms with E-state index in [1.54, 1.807) is 0 Å². The summed E-state index contributed by atoms with van der Waals surface area (Å²) in [7, 11) is 1.32. The summed E-state index contributed by atoms with van der Waals surface area (Å²) in [6, 6.07) is 13.9. The number of hydrogen-bond acceptors (Lipinski definition) is 5. The number of nitrogens with zero attached hydrogens (tertiary/aromatic N) is 1. The van der Waals surface area contributed by atoms with Gasteiger partial charge in [0.2, 0.25) is 0 Å². The molecule has 0 heterocycles. The molecule has 0 spiro atoms. The third kappa shape index (κ3) is 4.69. The van der Waals surface area contributed by atoms with Crippen molar-refractivity contribution in [2.45, 2.75) is 6.61 Å². The van der Waals surface area contributed by atoms with Gasteiger partial charge in [-0.05, 0) is 17.7 Å². The summed E-state index contributed by atoms with van der Waals surface area (Å²) in [5.41, 5.74) is -0.415. The van der Waals surface area contributed by atoms with Gasteiger partial charge in [-0.25, -0.2) is 8.78 Å². The van der Waals surface area contributed by atoms with Crippen LogP contribution in [0, 0.1) is 21.7 Å². The fourth-order valence-corrected chi connectivity index (χ4v) is 2.67. The third-order valence-corrected chi connectivity index (χ3v) is 4.14. The van der Waals surface area contributed by atoms with Crippen LogP contribution in [0.3, 0.4) is 0 Å². The molecule has 0 fully saturated rings. The molecule has 1 amide bonds. The van der Waals surface area contributed by atoms with Crippen molar-refractivity contribution in [1.29, 1.82) is 0 Å². The Labute approximate surface area is 170 Å². The van der Waals surface area contributed by atoms with Gasteiger partial charge in [-0.2, -0.15) is 0 Å². The van der Waals surface area contributed by atoms with Crippen molar-refractivity contribution in [2.24, 2.45) is 0 Å². The average Bonchev–Trinajstić information content (AvgIpc) is 2.74. The first-order chi connectivity index (χ1) is 14.4. The largest absolute Gasteiger partial charge is 0.493 e. The number of halogens is 2. The van der Waals surface area contributed by atoms with Crippen LogP contribution < -0.4 is 14.8 Å². The number of nitrogens with one attached hydrogen (secondary N) is 1. The smallest absolute Gasteiger partial charge is 0.286 e. The lowest BCUT2D eigenvalue weighted by atomic mass is 10.1. The van der Waals surface area contributed by atoms with Crippen LogP contribution in [-0.2, 0) is 6.61 Å². The number of anilines is 1. The van der Waals surface area contributed by atoms with E-state index in [2.05, 4.69) is 5.32 Å². The Morgan fingerprint density at radius 2 is 1.80 bits per heavy atom. The van der Waals surface area contributed by atoms with Gasteiger partial charge >= 0.3 is 0 Å². The van der Waals surface area contributed by atoms with Crippen molar-refractivity contribution in [1.82, 2.24) is 0 Å². The molecule has 0 aliphatic carbocycles. The van der Waals surface area contributed by atoms with Crippen molar-refractivity contribution in [3.05, 3.63) is 93.5 Å². The molecule has 0 saturated heterocycles. The minimum absolute atomic E-state index is 0.0672. The number of carbonyl (C=O) groups excluding carboxylic acids is 1. The van der Waals surface area contributed by atoms with E-state index in [-0.39, 0.29) is 29.4 Å². The molecule has 1 N–H and O–H groups in total. The standard InChI is InChI=1S/C21H16F2N2O5/c1-29-19-10-15(21(26)24-17-8-7-14(22)9-16(17)23)18(25(27)28)11-20(19)30-12-13-5-3-2-4-6-13/h2-11H,12H2,1H3,(H,24,26). The maximum absolute atomic E-state index is 13.8. The van der Waals surface area contributed by atoms with Crippen LogP contribution in [0.5, 0.6) is 11.5 Å². The Balaban J connectivity index is 1.91. The maximum atomic E-state index is 13.8. The minimum atomic E-state index is -1.01. The summed E-state index contributed by atoms with van der Waals surface area (Å²) in [5, 5.41) is 13.7. The second-order valence-electron chi connectivity index (χ2n) is 6.13. The third-order valence-electron chi connectivity index (χ3n) is 4.14. The first-order valence-electron chi connectivity index (χ1n) is 8.68. The molecule has 3 rings (SSSR count). The fourth-order valence-electron chi connectivity index (χ4n) is 2.67. The highest BCUT2D eigenvalue weighted by Gasteiger charge is 2.25. The minimum Gasteiger partial charge on any atom is -0.493 e.